The van der Waals surface area contributed by atoms with Gasteiger partial charge in [-0.1, -0.05) is 53.6 Å². The summed E-state index contributed by atoms with van der Waals surface area (Å²) in [5, 5.41) is 6.37. The lowest BCUT2D eigenvalue weighted by Gasteiger charge is -2.08. The summed E-state index contributed by atoms with van der Waals surface area (Å²) in [6, 6.07) is 15.6. The lowest BCUT2D eigenvalue weighted by molar-refractivity contribution is 0.240. The molecule has 0 fully saturated rings. The lowest BCUT2D eigenvalue weighted by atomic mass is 10.1. The van der Waals surface area contributed by atoms with Crippen LogP contribution in [0.15, 0.2) is 48.5 Å². The van der Waals surface area contributed by atoms with Gasteiger partial charge in [0, 0.05) is 18.1 Å². The second-order valence-electron chi connectivity index (χ2n) is 4.97. The van der Waals surface area contributed by atoms with Crippen molar-refractivity contribution < 1.29 is 4.79 Å². The number of carbonyl (C=O) groups excluding carboxylic acids is 1. The van der Waals surface area contributed by atoms with E-state index in [1.54, 1.807) is 0 Å². The first kappa shape index (κ1) is 15.4. The Labute approximate surface area is 130 Å². The molecule has 2 rings (SSSR count). The molecule has 2 aromatic rings. The average molecular weight is 303 g/mol. The first-order chi connectivity index (χ1) is 10.1. The predicted octanol–water partition coefficient (Wildman–Crippen LogP) is 3.69. The number of urea groups is 1. The predicted molar refractivity (Wildman–Crippen MR) is 86.6 cm³/mol. The zero-order chi connectivity index (χ0) is 15.1. The second-order valence-corrected chi connectivity index (χ2v) is 5.41. The molecule has 0 heterocycles. The molecule has 0 aromatic heterocycles. The molecular formula is C17H19ClN2O. The Hall–Kier alpha value is -2.00. The molecule has 3 nitrogen and oxygen atoms in total. The van der Waals surface area contributed by atoms with Crippen LogP contribution in [0.5, 0.6) is 0 Å². The molecule has 0 aliphatic carbocycles. The van der Waals surface area contributed by atoms with E-state index in [0.717, 1.165) is 12.0 Å². The van der Waals surface area contributed by atoms with Gasteiger partial charge in [-0.3, -0.25) is 0 Å². The van der Waals surface area contributed by atoms with E-state index in [9.17, 15) is 4.79 Å². The van der Waals surface area contributed by atoms with Crippen molar-refractivity contribution in [1.29, 1.82) is 0 Å². The van der Waals surface area contributed by atoms with Crippen LogP contribution in [-0.4, -0.2) is 12.6 Å². The lowest BCUT2D eigenvalue weighted by Crippen LogP contribution is -2.36. The topological polar surface area (TPSA) is 41.1 Å². The molecule has 21 heavy (non-hydrogen) atoms. The standard InChI is InChI=1S/C17H19ClN2O/c1-13-3-2-4-14(11-13)9-10-19-17(21)20-12-15-5-7-16(18)8-6-15/h2-8,11H,9-10,12H2,1H3,(H2,19,20,21). The number of hydrogen-bond donors (Lipinski definition) is 2. The Kier molecular flexibility index (Phi) is 5.64. The number of aryl methyl sites for hydroxylation is 1. The van der Waals surface area contributed by atoms with Crippen LogP contribution in [0.3, 0.4) is 0 Å². The fourth-order valence-electron chi connectivity index (χ4n) is 2.04. The number of amides is 2. The van der Waals surface area contributed by atoms with E-state index < -0.39 is 0 Å². The third kappa shape index (κ3) is 5.48. The van der Waals surface area contributed by atoms with Gasteiger partial charge >= 0.3 is 6.03 Å². The fraction of sp³-hybridized carbons (Fsp3) is 0.235. The van der Waals surface area contributed by atoms with E-state index in [-0.39, 0.29) is 6.03 Å². The molecule has 0 spiro atoms. The van der Waals surface area contributed by atoms with Crippen molar-refractivity contribution in [3.05, 3.63) is 70.2 Å². The summed E-state index contributed by atoms with van der Waals surface area (Å²) in [5.41, 5.74) is 3.49. The summed E-state index contributed by atoms with van der Waals surface area (Å²) in [6.07, 6.45) is 0.829. The number of nitrogens with one attached hydrogen (secondary N) is 2. The van der Waals surface area contributed by atoms with E-state index in [1.165, 1.54) is 11.1 Å². The van der Waals surface area contributed by atoms with Gasteiger partial charge in [-0.15, -0.1) is 0 Å². The minimum absolute atomic E-state index is 0.155. The number of rotatable bonds is 5. The molecule has 0 radical (unpaired) electrons. The van der Waals surface area contributed by atoms with Gasteiger partial charge in [0.15, 0.2) is 0 Å². The van der Waals surface area contributed by atoms with Crippen LogP contribution in [0.2, 0.25) is 5.02 Å². The number of halogens is 1. The van der Waals surface area contributed by atoms with E-state index in [2.05, 4.69) is 35.8 Å². The Morgan fingerprint density at radius 1 is 1.05 bits per heavy atom. The minimum Gasteiger partial charge on any atom is -0.338 e. The van der Waals surface area contributed by atoms with Crippen molar-refractivity contribution in [2.45, 2.75) is 19.9 Å². The first-order valence-corrected chi connectivity index (χ1v) is 7.33. The monoisotopic (exact) mass is 302 g/mol. The molecular weight excluding hydrogens is 284 g/mol. The molecule has 0 aliphatic heterocycles. The quantitative estimate of drug-likeness (QED) is 0.869. The van der Waals surface area contributed by atoms with Crippen LogP contribution in [-0.2, 0) is 13.0 Å². The maximum absolute atomic E-state index is 11.7. The third-order valence-corrected chi connectivity index (χ3v) is 3.40. The molecule has 0 saturated heterocycles. The SMILES string of the molecule is Cc1cccc(CCNC(=O)NCc2ccc(Cl)cc2)c1. The molecule has 0 unspecified atom stereocenters. The molecule has 2 aromatic carbocycles. The van der Waals surface area contributed by atoms with Crippen molar-refractivity contribution in [2.75, 3.05) is 6.54 Å². The molecule has 2 N–H and O–H groups in total. The van der Waals surface area contributed by atoms with Gasteiger partial charge in [-0.25, -0.2) is 4.79 Å². The van der Waals surface area contributed by atoms with Crippen LogP contribution in [0.1, 0.15) is 16.7 Å². The van der Waals surface area contributed by atoms with Crippen molar-refractivity contribution in [1.82, 2.24) is 10.6 Å². The van der Waals surface area contributed by atoms with Gasteiger partial charge in [0.1, 0.15) is 0 Å². The minimum atomic E-state index is -0.155. The number of benzene rings is 2. The van der Waals surface area contributed by atoms with E-state index in [0.29, 0.717) is 18.1 Å². The molecule has 0 atom stereocenters. The highest BCUT2D eigenvalue weighted by Gasteiger charge is 2.00. The van der Waals surface area contributed by atoms with Gasteiger partial charge in [0.25, 0.3) is 0 Å². The fourth-order valence-corrected chi connectivity index (χ4v) is 2.16. The molecule has 2 amide bonds. The van der Waals surface area contributed by atoms with Gasteiger partial charge in [-0.05, 0) is 36.6 Å². The second kappa shape index (κ2) is 7.70. The van der Waals surface area contributed by atoms with E-state index in [1.807, 2.05) is 30.3 Å². The first-order valence-electron chi connectivity index (χ1n) is 6.95. The molecule has 110 valence electrons. The summed E-state index contributed by atoms with van der Waals surface area (Å²) in [4.78, 5) is 11.7. The molecule has 0 saturated carbocycles. The third-order valence-electron chi connectivity index (χ3n) is 3.15. The summed E-state index contributed by atoms with van der Waals surface area (Å²) >= 11 is 5.81. The highest BCUT2D eigenvalue weighted by atomic mass is 35.5. The number of carbonyl (C=O) groups is 1. The highest BCUT2D eigenvalue weighted by Crippen LogP contribution is 2.09. The maximum Gasteiger partial charge on any atom is 0.315 e. The van der Waals surface area contributed by atoms with Crippen molar-refractivity contribution >= 4 is 17.6 Å². The summed E-state index contributed by atoms with van der Waals surface area (Å²) in [6.45, 7) is 3.18. The zero-order valence-corrected chi connectivity index (χ0v) is 12.8. The largest absolute Gasteiger partial charge is 0.338 e. The molecule has 0 aliphatic rings. The Morgan fingerprint density at radius 3 is 2.52 bits per heavy atom. The highest BCUT2D eigenvalue weighted by molar-refractivity contribution is 6.30. The van der Waals surface area contributed by atoms with Crippen molar-refractivity contribution in [3.63, 3.8) is 0 Å². The van der Waals surface area contributed by atoms with Crippen LogP contribution in [0, 0.1) is 6.92 Å². The van der Waals surface area contributed by atoms with Gasteiger partial charge in [0.2, 0.25) is 0 Å². The van der Waals surface area contributed by atoms with Crippen LogP contribution in [0.25, 0.3) is 0 Å². The Morgan fingerprint density at radius 2 is 1.81 bits per heavy atom. The van der Waals surface area contributed by atoms with Crippen molar-refractivity contribution in [2.24, 2.45) is 0 Å². The Bertz CT molecular complexity index is 596. The maximum atomic E-state index is 11.7. The van der Waals surface area contributed by atoms with Crippen LogP contribution >= 0.6 is 11.6 Å². The smallest absolute Gasteiger partial charge is 0.315 e. The molecule has 0 bridgehead atoms. The van der Waals surface area contributed by atoms with Gasteiger partial charge in [0.05, 0.1) is 0 Å². The summed E-state index contributed by atoms with van der Waals surface area (Å²) in [7, 11) is 0. The Balaban J connectivity index is 1.69. The van der Waals surface area contributed by atoms with Crippen molar-refractivity contribution in [3.8, 4) is 0 Å². The van der Waals surface area contributed by atoms with E-state index >= 15 is 0 Å². The normalized spacial score (nSPS) is 10.2. The van der Waals surface area contributed by atoms with Crippen LogP contribution in [0.4, 0.5) is 4.79 Å². The van der Waals surface area contributed by atoms with Gasteiger partial charge in [-0.2, -0.15) is 0 Å². The van der Waals surface area contributed by atoms with Gasteiger partial charge < -0.3 is 10.6 Å². The summed E-state index contributed by atoms with van der Waals surface area (Å²) < 4.78 is 0. The van der Waals surface area contributed by atoms with Crippen LogP contribution < -0.4 is 10.6 Å². The number of hydrogen-bond acceptors (Lipinski definition) is 1. The summed E-state index contributed by atoms with van der Waals surface area (Å²) in [5.74, 6) is 0. The van der Waals surface area contributed by atoms with E-state index in [4.69, 9.17) is 11.6 Å². The zero-order valence-electron chi connectivity index (χ0n) is 12.0. The average Bonchev–Trinajstić information content (AvgIpc) is 2.47. The molecule has 4 heteroatoms.